The number of nitrogens with one attached hydrogen (secondary N) is 2. The van der Waals surface area contributed by atoms with Crippen LogP contribution in [0.25, 0.3) is 11.3 Å². The Balaban J connectivity index is 1.56. The van der Waals surface area contributed by atoms with Gasteiger partial charge in [-0.25, -0.2) is 27.7 Å². The van der Waals surface area contributed by atoms with Gasteiger partial charge in [-0.05, 0) is 48.4 Å². The van der Waals surface area contributed by atoms with E-state index in [0.29, 0.717) is 23.0 Å². The number of aromatic nitrogens is 3. The summed E-state index contributed by atoms with van der Waals surface area (Å²) in [5, 5.41) is 6.57. The van der Waals surface area contributed by atoms with Crippen molar-refractivity contribution < 1.29 is 8.42 Å². The SMILES string of the molecule is C=CCN1c2ncccc2-c2nc(Nc3ccc4c(c3)CCNC4)ncc2S1(=O)=O. The van der Waals surface area contributed by atoms with E-state index in [-0.39, 0.29) is 11.4 Å². The lowest BCUT2D eigenvalue weighted by molar-refractivity contribution is 0.590. The Kier molecular flexibility index (Phi) is 4.48. The van der Waals surface area contributed by atoms with Crippen LogP contribution in [0.3, 0.4) is 0 Å². The molecule has 0 radical (unpaired) electrons. The van der Waals surface area contributed by atoms with E-state index in [1.54, 1.807) is 12.3 Å². The first kappa shape index (κ1) is 18.7. The predicted molar refractivity (Wildman–Crippen MR) is 115 cm³/mol. The second-order valence-electron chi connectivity index (χ2n) is 7.14. The van der Waals surface area contributed by atoms with Gasteiger partial charge in [-0.3, -0.25) is 0 Å². The number of sulfonamides is 1. The second-order valence-corrected chi connectivity index (χ2v) is 8.97. The molecule has 1 aromatic carbocycles. The van der Waals surface area contributed by atoms with E-state index in [2.05, 4.69) is 44.3 Å². The minimum Gasteiger partial charge on any atom is -0.324 e. The fourth-order valence-corrected chi connectivity index (χ4v) is 5.31. The highest BCUT2D eigenvalue weighted by Gasteiger charge is 2.36. The van der Waals surface area contributed by atoms with Crippen molar-refractivity contribution in [3.63, 3.8) is 0 Å². The first-order valence-corrected chi connectivity index (χ1v) is 11.1. The topological polar surface area (TPSA) is 100 Å². The molecule has 5 rings (SSSR count). The van der Waals surface area contributed by atoms with E-state index in [4.69, 9.17) is 0 Å². The zero-order valence-corrected chi connectivity index (χ0v) is 17.0. The number of hydrogen-bond donors (Lipinski definition) is 2. The second kappa shape index (κ2) is 7.19. The average molecular weight is 420 g/mol. The van der Waals surface area contributed by atoms with Gasteiger partial charge in [-0.1, -0.05) is 12.1 Å². The van der Waals surface area contributed by atoms with Crippen molar-refractivity contribution in [2.24, 2.45) is 0 Å². The Morgan fingerprint density at radius 1 is 1.23 bits per heavy atom. The quantitative estimate of drug-likeness (QED) is 0.626. The number of rotatable bonds is 4. The molecule has 0 unspecified atom stereocenters. The van der Waals surface area contributed by atoms with Gasteiger partial charge in [-0.15, -0.1) is 6.58 Å². The summed E-state index contributed by atoms with van der Waals surface area (Å²) in [6.45, 7) is 5.60. The van der Waals surface area contributed by atoms with Crippen molar-refractivity contribution >= 4 is 27.5 Å². The molecule has 0 fully saturated rings. The first-order chi connectivity index (χ1) is 14.6. The molecule has 4 heterocycles. The van der Waals surface area contributed by atoms with Crippen molar-refractivity contribution in [1.82, 2.24) is 20.3 Å². The molecular weight excluding hydrogens is 400 g/mol. The minimum absolute atomic E-state index is 0.0620. The van der Waals surface area contributed by atoms with Crippen molar-refractivity contribution in [1.29, 1.82) is 0 Å². The molecule has 0 atom stereocenters. The molecule has 8 nitrogen and oxygen atoms in total. The molecule has 0 saturated carbocycles. The van der Waals surface area contributed by atoms with Crippen LogP contribution in [-0.4, -0.2) is 36.5 Å². The van der Waals surface area contributed by atoms with Gasteiger partial charge in [0.25, 0.3) is 10.0 Å². The van der Waals surface area contributed by atoms with Crippen LogP contribution in [0.4, 0.5) is 17.5 Å². The molecule has 152 valence electrons. The van der Waals surface area contributed by atoms with Crippen molar-refractivity contribution in [2.75, 3.05) is 22.7 Å². The van der Waals surface area contributed by atoms with Gasteiger partial charge in [0.05, 0.1) is 12.7 Å². The van der Waals surface area contributed by atoms with Gasteiger partial charge in [0.15, 0.2) is 5.82 Å². The maximum Gasteiger partial charge on any atom is 0.269 e. The van der Waals surface area contributed by atoms with Gasteiger partial charge < -0.3 is 10.6 Å². The van der Waals surface area contributed by atoms with Gasteiger partial charge in [0.2, 0.25) is 5.95 Å². The van der Waals surface area contributed by atoms with E-state index in [9.17, 15) is 8.42 Å². The lowest BCUT2D eigenvalue weighted by atomic mass is 10.0. The van der Waals surface area contributed by atoms with Gasteiger partial charge >= 0.3 is 0 Å². The van der Waals surface area contributed by atoms with Crippen LogP contribution in [0, 0.1) is 0 Å². The van der Waals surface area contributed by atoms with Crippen LogP contribution >= 0.6 is 0 Å². The molecule has 30 heavy (non-hydrogen) atoms. The lowest BCUT2D eigenvalue weighted by Crippen LogP contribution is -2.35. The highest BCUT2D eigenvalue weighted by atomic mass is 32.2. The van der Waals surface area contributed by atoms with Gasteiger partial charge in [-0.2, -0.15) is 0 Å². The maximum absolute atomic E-state index is 13.1. The number of hydrogen-bond acceptors (Lipinski definition) is 7. The van der Waals surface area contributed by atoms with Crippen LogP contribution in [-0.2, 0) is 23.0 Å². The molecule has 2 N–H and O–H groups in total. The van der Waals surface area contributed by atoms with Crippen LogP contribution < -0.4 is 14.9 Å². The number of anilines is 3. The van der Waals surface area contributed by atoms with E-state index in [1.807, 2.05) is 12.1 Å². The average Bonchev–Trinajstić information content (AvgIpc) is 2.76. The number of nitrogens with zero attached hydrogens (tertiary/aromatic N) is 4. The van der Waals surface area contributed by atoms with Crippen LogP contribution in [0.5, 0.6) is 0 Å². The predicted octanol–water partition coefficient (Wildman–Crippen LogP) is 2.62. The number of pyridine rings is 1. The minimum atomic E-state index is -3.82. The van der Waals surface area contributed by atoms with Crippen molar-refractivity contribution in [3.05, 3.63) is 66.5 Å². The van der Waals surface area contributed by atoms with Crippen molar-refractivity contribution in [3.8, 4) is 11.3 Å². The van der Waals surface area contributed by atoms with E-state index in [1.165, 1.54) is 27.7 Å². The number of fused-ring (bicyclic) bond motifs is 4. The maximum atomic E-state index is 13.1. The molecule has 0 saturated heterocycles. The Labute approximate surface area is 174 Å². The molecular formula is C21H20N6O2S. The smallest absolute Gasteiger partial charge is 0.269 e. The van der Waals surface area contributed by atoms with Crippen LogP contribution in [0.1, 0.15) is 11.1 Å². The first-order valence-electron chi connectivity index (χ1n) is 9.63. The monoisotopic (exact) mass is 420 g/mol. The summed E-state index contributed by atoms with van der Waals surface area (Å²) in [5.74, 6) is 0.681. The standard InChI is InChI=1S/C21H20N6O2S/c1-2-10-27-20-17(4-3-8-23-20)19-18(30(27,28)29)13-24-21(26-19)25-16-6-5-15-12-22-9-7-14(15)11-16/h2-6,8,11,13,22H,1,7,9-10,12H2,(H,24,25,26). The molecule has 0 amide bonds. The highest BCUT2D eigenvalue weighted by Crippen LogP contribution is 2.40. The fourth-order valence-electron chi connectivity index (χ4n) is 3.81. The molecule has 3 aromatic rings. The zero-order chi connectivity index (χ0) is 20.7. The molecule has 0 bridgehead atoms. The van der Waals surface area contributed by atoms with E-state index >= 15 is 0 Å². The third-order valence-corrected chi connectivity index (χ3v) is 7.00. The Hall–Kier alpha value is -3.30. The lowest BCUT2D eigenvalue weighted by Gasteiger charge is -2.29. The third kappa shape index (κ3) is 3.03. The van der Waals surface area contributed by atoms with E-state index in [0.717, 1.165) is 25.2 Å². The van der Waals surface area contributed by atoms with Crippen LogP contribution in [0.2, 0.25) is 0 Å². The molecule has 9 heteroatoms. The summed E-state index contributed by atoms with van der Waals surface area (Å²) in [4.78, 5) is 13.2. The summed E-state index contributed by atoms with van der Waals surface area (Å²) in [7, 11) is -3.82. The fraction of sp³-hybridized carbons (Fsp3) is 0.190. The van der Waals surface area contributed by atoms with E-state index < -0.39 is 10.0 Å². The molecule has 2 aromatic heterocycles. The zero-order valence-electron chi connectivity index (χ0n) is 16.2. The Bertz CT molecular complexity index is 1260. The third-order valence-electron chi connectivity index (χ3n) is 5.25. The number of benzene rings is 1. The largest absolute Gasteiger partial charge is 0.324 e. The summed E-state index contributed by atoms with van der Waals surface area (Å²) in [6.07, 6.45) is 5.42. The van der Waals surface area contributed by atoms with Gasteiger partial charge in [0, 0.05) is 24.0 Å². The Morgan fingerprint density at radius 2 is 2.13 bits per heavy atom. The van der Waals surface area contributed by atoms with Crippen LogP contribution in [0.15, 0.2) is 60.3 Å². The molecule has 2 aliphatic rings. The molecule has 0 aliphatic carbocycles. The van der Waals surface area contributed by atoms with Crippen molar-refractivity contribution in [2.45, 2.75) is 17.9 Å². The molecule has 0 spiro atoms. The summed E-state index contributed by atoms with van der Waals surface area (Å²) in [6, 6.07) is 9.73. The van der Waals surface area contributed by atoms with Gasteiger partial charge in [0.1, 0.15) is 10.6 Å². The highest BCUT2D eigenvalue weighted by molar-refractivity contribution is 7.93. The summed E-state index contributed by atoms with van der Waals surface area (Å²) in [5.41, 5.74) is 4.43. The summed E-state index contributed by atoms with van der Waals surface area (Å²) < 4.78 is 27.5. The summed E-state index contributed by atoms with van der Waals surface area (Å²) >= 11 is 0. The normalized spacial score (nSPS) is 16.2. The molecule has 2 aliphatic heterocycles. The Morgan fingerprint density at radius 3 is 3.00 bits per heavy atom.